The standard InChI is InChI=1S/C9H16N4O/c1-7-5-9(10,3-4-13(7)2)8-11-6-14-12-8/h6-7H,3-5,10H2,1-2H3. The Morgan fingerprint density at radius 3 is 3.07 bits per heavy atom. The second kappa shape index (κ2) is 3.33. The number of hydrogen-bond donors (Lipinski definition) is 1. The molecule has 0 amide bonds. The smallest absolute Gasteiger partial charge is 0.213 e. The van der Waals surface area contributed by atoms with Gasteiger partial charge in [0, 0.05) is 12.6 Å². The third-order valence-corrected chi connectivity index (χ3v) is 3.13. The summed E-state index contributed by atoms with van der Waals surface area (Å²) in [5, 5.41) is 3.84. The van der Waals surface area contributed by atoms with Gasteiger partial charge in [0.05, 0.1) is 5.54 Å². The molecule has 5 heteroatoms. The van der Waals surface area contributed by atoms with Crippen LogP contribution in [0.15, 0.2) is 10.9 Å². The average molecular weight is 196 g/mol. The largest absolute Gasteiger partial charge is 0.343 e. The zero-order chi connectivity index (χ0) is 10.2. The molecule has 1 aliphatic rings. The molecule has 0 aliphatic carbocycles. The van der Waals surface area contributed by atoms with Gasteiger partial charge in [-0.15, -0.1) is 0 Å². The maximum Gasteiger partial charge on any atom is 0.213 e. The third-order valence-electron chi connectivity index (χ3n) is 3.13. The van der Waals surface area contributed by atoms with Crippen LogP contribution in [0.25, 0.3) is 0 Å². The summed E-state index contributed by atoms with van der Waals surface area (Å²) in [4.78, 5) is 6.35. The molecule has 0 spiro atoms. The van der Waals surface area contributed by atoms with Gasteiger partial charge < -0.3 is 15.2 Å². The first-order chi connectivity index (χ1) is 6.62. The molecule has 1 saturated heterocycles. The lowest BCUT2D eigenvalue weighted by molar-refractivity contribution is 0.125. The molecule has 0 bridgehead atoms. The normalized spacial score (nSPS) is 34.6. The highest BCUT2D eigenvalue weighted by Crippen LogP contribution is 2.30. The van der Waals surface area contributed by atoms with Crippen LogP contribution in [0.5, 0.6) is 0 Å². The van der Waals surface area contributed by atoms with Crippen molar-refractivity contribution < 1.29 is 4.52 Å². The van der Waals surface area contributed by atoms with E-state index in [2.05, 4.69) is 29.0 Å². The van der Waals surface area contributed by atoms with Crippen molar-refractivity contribution in [3.05, 3.63) is 12.2 Å². The van der Waals surface area contributed by atoms with Crippen molar-refractivity contribution in [3.8, 4) is 0 Å². The maximum absolute atomic E-state index is 6.27. The van der Waals surface area contributed by atoms with Crippen LogP contribution in [-0.4, -0.2) is 34.7 Å². The summed E-state index contributed by atoms with van der Waals surface area (Å²) < 4.78 is 4.74. The molecule has 2 unspecified atom stereocenters. The Hall–Kier alpha value is -0.940. The molecule has 0 aromatic carbocycles. The zero-order valence-corrected chi connectivity index (χ0v) is 8.60. The Balaban J connectivity index is 2.18. The summed E-state index contributed by atoms with van der Waals surface area (Å²) in [7, 11) is 2.11. The first-order valence-corrected chi connectivity index (χ1v) is 4.88. The lowest BCUT2D eigenvalue weighted by Crippen LogP contribution is -2.51. The van der Waals surface area contributed by atoms with E-state index in [4.69, 9.17) is 10.3 Å². The van der Waals surface area contributed by atoms with E-state index in [1.165, 1.54) is 6.39 Å². The van der Waals surface area contributed by atoms with Gasteiger partial charge in [0.1, 0.15) is 0 Å². The third kappa shape index (κ3) is 1.53. The van der Waals surface area contributed by atoms with Crippen molar-refractivity contribution in [1.29, 1.82) is 0 Å². The van der Waals surface area contributed by atoms with Crippen LogP contribution >= 0.6 is 0 Å². The fourth-order valence-corrected chi connectivity index (χ4v) is 1.97. The maximum atomic E-state index is 6.27. The molecule has 1 aliphatic heterocycles. The van der Waals surface area contributed by atoms with Crippen LogP contribution in [0.2, 0.25) is 0 Å². The van der Waals surface area contributed by atoms with Gasteiger partial charge in [-0.25, -0.2) is 0 Å². The molecule has 5 nitrogen and oxygen atoms in total. The molecular weight excluding hydrogens is 180 g/mol. The molecule has 1 aromatic heterocycles. The summed E-state index contributed by atoms with van der Waals surface area (Å²) in [6.07, 6.45) is 3.10. The number of likely N-dealkylation sites (tertiary alicyclic amines) is 1. The monoisotopic (exact) mass is 196 g/mol. The van der Waals surface area contributed by atoms with Gasteiger partial charge in [-0.3, -0.25) is 0 Å². The highest BCUT2D eigenvalue weighted by atomic mass is 16.5. The van der Waals surface area contributed by atoms with Gasteiger partial charge >= 0.3 is 0 Å². The molecule has 78 valence electrons. The molecule has 2 atom stereocenters. The lowest BCUT2D eigenvalue weighted by Gasteiger charge is -2.39. The first-order valence-electron chi connectivity index (χ1n) is 4.88. The molecule has 2 N–H and O–H groups in total. The van der Waals surface area contributed by atoms with Crippen molar-refractivity contribution in [2.75, 3.05) is 13.6 Å². The molecule has 2 rings (SSSR count). The van der Waals surface area contributed by atoms with E-state index in [1.807, 2.05) is 0 Å². The second-order valence-electron chi connectivity index (χ2n) is 4.19. The number of hydrogen-bond acceptors (Lipinski definition) is 5. The minimum atomic E-state index is -0.404. The van der Waals surface area contributed by atoms with Crippen LogP contribution in [0.4, 0.5) is 0 Å². The number of rotatable bonds is 1. The SMILES string of the molecule is CC1CC(N)(c2ncon2)CCN1C. The highest BCUT2D eigenvalue weighted by Gasteiger charge is 2.38. The van der Waals surface area contributed by atoms with Crippen molar-refractivity contribution >= 4 is 0 Å². The summed E-state index contributed by atoms with van der Waals surface area (Å²) in [5.41, 5.74) is 5.86. The Labute approximate surface area is 83.3 Å². The van der Waals surface area contributed by atoms with Crippen molar-refractivity contribution in [2.45, 2.75) is 31.3 Å². The molecule has 2 heterocycles. The summed E-state index contributed by atoms with van der Waals surface area (Å²) >= 11 is 0. The van der Waals surface area contributed by atoms with E-state index >= 15 is 0 Å². The van der Waals surface area contributed by atoms with Gasteiger partial charge in [0.15, 0.2) is 5.82 Å². The van der Waals surface area contributed by atoms with Gasteiger partial charge in [-0.05, 0) is 26.8 Å². The minimum absolute atomic E-state index is 0.404. The van der Waals surface area contributed by atoms with Crippen LogP contribution in [-0.2, 0) is 5.54 Å². The summed E-state index contributed by atoms with van der Waals surface area (Å²) in [5.74, 6) is 0.637. The van der Waals surface area contributed by atoms with Crippen molar-refractivity contribution in [1.82, 2.24) is 15.0 Å². The Bertz CT molecular complexity index is 300. The number of aromatic nitrogens is 2. The number of nitrogens with two attached hydrogens (primary N) is 1. The summed E-state index contributed by atoms with van der Waals surface area (Å²) in [6.45, 7) is 3.15. The van der Waals surface area contributed by atoms with Gasteiger partial charge in [0.25, 0.3) is 0 Å². The van der Waals surface area contributed by atoms with E-state index in [-0.39, 0.29) is 0 Å². The molecule has 14 heavy (non-hydrogen) atoms. The zero-order valence-electron chi connectivity index (χ0n) is 8.60. The van der Waals surface area contributed by atoms with E-state index in [0.717, 1.165) is 19.4 Å². The van der Waals surface area contributed by atoms with Gasteiger partial charge in [0.2, 0.25) is 6.39 Å². The first kappa shape index (κ1) is 9.61. The van der Waals surface area contributed by atoms with Gasteiger partial charge in [-0.1, -0.05) is 5.16 Å². The second-order valence-corrected chi connectivity index (χ2v) is 4.19. The fourth-order valence-electron chi connectivity index (χ4n) is 1.97. The molecule has 0 saturated carbocycles. The average Bonchev–Trinajstić information content (AvgIpc) is 2.65. The van der Waals surface area contributed by atoms with Crippen LogP contribution in [0.3, 0.4) is 0 Å². The van der Waals surface area contributed by atoms with E-state index in [9.17, 15) is 0 Å². The van der Waals surface area contributed by atoms with Crippen LogP contribution in [0.1, 0.15) is 25.6 Å². The van der Waals surface area contributed by atoms with E-state index in [1.54, 1.807) is 0 Å². The van der Waals surface area contributed by atoms with Crippen LogP contribution < -0.4 is 5.73 Å². The Morgan fingerprint density at radius 1 is 1.71 bits per heavy atom. The number of nitrogens with zero attached hydrogens (tertiary/aromatic N) is 3. The summed E-state index contributed by atoms with van der Waals surface area (Å²) in [6, 6.07) is 0.465. The molecule has 1 aromatic rings. The van der Waals surface area contributed by atoms with Gasteiger partial charge in [-0.2, -0.15) is 4.98 Å². The number of piperidine rings is 1. The quantitative estimate of drug-likeness (QED) is 0.701. The topological polar surface area (TPSA) is 68.2 Å². The molecular formula is C9H16N4O. The fraction of sp³-hybridized carbons (Fsp3) is 0.778. The Kier molecular flexibility index (Phi) is 2.28. The Morgan fingerprint density at radius 2 is 2.50 bits per heavy atom. The molecule has 1 fully saturated rings. The van der Waals surface area contributed by atoms with Crippen LogP contribution in [0, 0.1) is 0 Å². The predicted octanol–water partition coefficient (Wildman–Crippen LogP) is 0.338. The van der Waals surface area contributed by atoms with Crippen molar-refractivity contribution in [2.24, 2.45) is 5.73 Å². The van der Waals surface area contributed by atoms with E-state index in [0.29, 0.717) is 11.9 Å². The minimum Gasteiger partial charge on any atom is -0.343 e. The van der Waals surface area contributed by atoms with Crippen molar-refractivity contribution in [3.63, 3.8) is 0 Å². The lowest BCUT2D eigenvalue weighted by atomic mass is 9.84. The van der Waals surface area contributed by atoms with E-state index < -0.39 is 5.54 Å². The molecule has 0 radical (unpaired) electrons. The predicted molar refractivity (Wildman–Crippen MR) is 51.5 cm³/mol. The highest BCUT2D eigenvalue weighted by molar-refractivity contribution is 5.05.